The van der Waals surface area contributed by atoms with Crippen LogP contribution >= 0.6 is 0 Å². The molecule has 2 aromatic carbocycles. The van der Waals surface area contributed by atoms with Crippen LogP contribution in [0.3, 0.4) is 0 Å². The lowest BCUT2D eigenvalue weighted by Gasteiger charge is -2.32. The van der Waals surface area contributed by atoms with Gasteiger partial charge >= 0.3 is 0 Å². The van der Waals surface area contributed by atoms with Gasteiger partial charge in [0.2, 0.25) is 0 Å². The Morgan fingerprint density at radius 1 is 0.600 bits per heavy atom. The Balaban J connectivity index is 1.68. The molecule has 2 atom stereocenters. The van der Waals surface area contributed by atoms with Crippen LogP contribution in [0.15, 0.2) is 60.7 Å². The molecule has 0 unspecified atom stereocenters. The molecule has 1 saturated carbocycles. The zero-order valence-electron chi connectivity index (χ0n) is 11.6. The molecule has 104 valence electrons. The maximum Gasteiger partial charge on any atom is 0.135 e. The van der Waals surface area contributed by atoms with Crippen LogP contribution in [0.1, 0.15) is 25.7 Å². The van der Waals surface area contributed by atoms with Crippen LogP contribution in [0.5, 0.6) is 11.5 Å². The minimum Gasteiger partial charge on any atom is -0.487 e. The molecule has 2 heteroatoms. The van der Waals surface area contributed by atoms with E-state index in [4.69, 9.17) is 9.47 Å². The van der Waals surface area contributed by atoms with Crippen LogP contribution < -0.4 is 9.47 Å². The number of para-hydroxylation sites is 2. The summed E-state index contributed by atoms with van der Waals surface area (Å²) in [5.74, 6) is 1.86. The van der Waals surface area contributed by atoms with Crippen LogP contribution in [-0.4, -0.2) is 12.2 Å². The Hall–Kier alpha value is -1.96. The Bertz CT molecular complexity index is 460. The number of ether oxygens (including phenoxy) is 2. The summed E-state index contributed by atoms with van der Waals surface area (Å²) in [6, 6.07) is 20.1. The fraction of sp³-hybridized carbons (Fsp3) is 0.333. The highest BCUT2D eigenvalue weighted by Gasteiger charge is 2.28. The molecule has 0 aliphatic heterocycles. The fourth-order valence-corrected chi connectivity index (χ4v) is 2.68. The second-order valence-electron chi connectivity index (χ2n) is 5.22. The molecule has 2 aromatic rings. The fourth-order valence-electron chi connectivity index (χ4n) is 2.68. The van der Waals surface area contributed by atoms with Crippen molar-refractivity contribution in [3.63, 3.8) is 0 Å². The Morgan fingerprint density at radius 3 is 1.40 bits per heavy atom. The van der Waals surface area contributed by atoms with Gasteiger partial charge in [-0.1, -0.05) is 36.4 Å². The zero-order chi connectivity index (χ0) is 13.6. The molecule has 1 aliphatic rings. The first-order valence-electron chi connectivity index (χ1n) is 7.35. The molecular formula is C18H20O2. The molecule has 3 rings (SSSR count). The van der Waals surface area contributed by atoms with Gasteiger partial charge in [0.15, 0.2) is 0 Å². The van der Waals surface area contributed by atoms with Crippen molar-refractivity contribution in [3.8, 4) is 11.5 Å². The van der Waals surface area contributed by atoms with Crippen LogP contribution in [-0.2, 0) is 0 Å². The van der Waals surface area contributed by atoms with Crippen LogP contribution in [0.2, 0.25) is 0 Å². The molecule has 0 N–H and O–H groups in total. The number of benzene rings is 2. The quantitative estimate of drug-likeness (QED) is 0.815. The lowest BCUT2D eigenvalue weighted by atomic mass is 9.94. The van der Waals surface area contributed by atoms with Crippen molar-refractivity contribution in [1.29, 1.82) is 0 Å². The Kier molecular flexibility index (Phi) is 4.22. The molecule has 0 bridgehead atoms. The predicted octanol–water partition coefficient (Wildman–Crippen LogP) is 4.46. The predicted molar refractivity (Wildman–Crippen MR) is 80.2 cm³/mol. The minimum absolute atomic E-state index is 0.145. The van der Waals surface area contributed by atoms with Gasteiger partial charge in [-0.25, -0.2) is 0 Å². The third kappa shape index (κ3) is 3.32. The number of rotatable bonds is 4. The van der Waals surface area contributed by atoms with Gasteiger partial charge in [0.25, 0.3) is 0 Å². The highest BCUT2D eigenvalue weighted by Crippen LogP contribution is 2.27. The average Bonchev–Trinajstić information content (AvgIpc) is 2.51. The van der Waals surface area contributed by atoms with Gasteiger partial charge < -0.3 is 9.47 Å². The number of hydrogen-bond donors (Lipinski definition) is 0. The normalized spacial score (nSPS) is 22.2. The lowest BCUT2D eigenvalue weighted by Crippen LogP contribution is -2.39. The second kappa shape index (κ2) is 6.47. The van der Waals surface area contributed by atoms with Crippen molar-refractivity contribution in [1.82, 2.24) is 0 Å². The summed E-state index contributed by atoms with van der Waals surface area (Å²) in [5, 5.41) is 0. The first-order chi connectivity index (χ1) is 9.92. The zero-order valence-corrected chi connectivity index (χ0v) is 11.6. The van der Waals surface area contributed by atoms with E-state index < -0.39 is 0 Å². The highest BCUT2D eigenvalue weighted by molar-refractivity contribution is 5.23. The van der Waals surface area contributed by atoms with Crippen molar-refractivity contribution in [3.05, 3.63) is 60.7 Å². The summed E-state index contributed by atoms with van der Waals surface area (Å²) in [6.07, 6.45) is 4.84. The van der Waals surface area contributed by atoms with E-state index in [-0.39, 0.29) is 12.2 Å². The van der Waals surface area contributed by atoms with Gasteiger partial charge in [0.05, 0.1) is 0 Å². The van der Waals surface area contributed by atoms with E-state index in [1.807, 2.05) is 60.7 Å². The minimum atomic E-state index is 0.145. The highest BCUT2D eigenvalue weighted by atomic mass is 16.5. The molecule has 0 saturated heterocycles. The maximum atomic E-state index is 6.12. The summed E-state index contributed by atoms with van der Waals surface area (Å²) in [7, 11) is 0. The molecule has 2 nitrogen and oxygen atoms in total. The van der Waals surface area contributed by atoms with Gasteiger partial charge in [0.1, 0.15) is 23.7 Å². The SMILES string of the molecule is c1ccc(O[C@H]2CCCC[C@H]2Oc2ccccc2)cc1. The summed E-state index contributed by atoms with van der Waals surface area (Å²) >= 11 is 0. The molecule has 0 spiro atoms. The summed E-state index contributed by atoms with van der Waals surface area (Å²) < 4.78 is 12.2. The molecule has 1 aliphatic carbocycles. The average molecular weight is 268 g/mol. The van der Waals surface area contributed by atoms with Crippen molar-refractivity contribution < 1.29 is 9.47 Å². The van der Waals surface area contributed by atoms with E-state index in [9.17, 15) is 0 Å². The first kappa shape index (κ1) is 13.0. The third-order valence-electron chi connectivity index (χ3n) is 3.70. The van der Waals surface area contributed by atoms with E-state index in [0.717, 1.165) is 24.3 Å². The van der Waals surface area contributed by atoms with Crippen LogP contribution in [0.4, 0.5) is 0 Å². The molecular weight excluding hydrogens is 248 g/mol. The molecule has 1 fully saturated rings. The summed E-state index contributed by atoms with van der Waals surface area (Å²) in [6.45, 7) is 0. The third-order valence-corrected chi connectivity index (χ3v) is 3.70. The molecule has 20 heavy (non-hydrogen) atoms. The smallest absolute Gasteiger partial charge is 0.135 e. The van der Waals surface area contributed by atoms with Gasteiger partial charge in [-0.3, -0.25) is 0 Å². The molecule has 0 aromatic heterocycles. The summed E-state index contributed by atoms with van der Waals surface area (Å²) in [4.78, 5) is 0. The second-order valence-corrected chi connectivity index (χ2v) is 5.22. The van der Waals surface area contributed by atoms with Gasteiger partial charge in [-0.15, -0.1) is 0 Å². The number of hydrogen-bond acceptors (Lipinski definition) is 2. The topological polar surface area (TPSA) is 18.5 Å². The largest absolute Gasteiger partial charge is 0.487 e. The van der Waals surface area contributed by atoms with E-state index in [0.29, 0.717) is 0 Å². The first-order valence-corrected chi connectivity index (χ1v) is 7.35. The van der Waals surface area contributed by atoms with Crippen LogP contribution in [0, 0.1) is 0 Å². The molecule has 0 radical (unpaired) electrons. The van der Waals surface area contributed by atoms with Crippen molar-refractivity contribution in [2.75, 3.05) is 0 Å². The van der Waals surface area contributed by atoms with E-state index >= 15 is 0 Å². The summed E-state index contributed by atoms with van der Waals surface area (Å²) in [5.41, 5.74) is 0. The van der Waals surface area contributed by atoms with Gasteiger partial charge in [-0.2, -0.15) is 0 Å². The Labute approximate surface area is 120 Å². The lowest BCUT2D eigenvalue weighted by molar-refractivity contribution is 0.0232. The molecule has 0 heterocycles. The maximum absolute atomic E-state index is 6.12. The molecule has 0 amide bonds. The van der Waals surface area contributed by atoms with E-state index in [1.54, 1.807) is 0 Å². The Morgan fingerprint density at radius 2 is 1.00 bits per heavy atom. The van der Waals surface area contributed by atoms with E-state index in [2.05, 4.69) is 0 Å². The monoisotopic (exact) mass is 268 g/mol. The van der Waals surface area contributed by atoms with Gasteiger partial charge in [-0.05, 0) is 49.9 Å². The van der Waals surface area contributed by atoms with Gasteiger partial charge in [0, 0.05) is 0 Å². The van der Waals surface area contributed by atoms with E-state index in [1.165, 1.54) is 12.8 Å². The van der Waals surface area contributed by atoms with Crippen LogP contribution in [0.25, 0.3) is 0 Å². The van der Waals surface area contributed by atoms with Crippen molar-refractivity contribution in [2.45, 2.75) is 37.9 Å². The van der Waals surface area contributed by atoms with Crippen molar-refractivity contribution >= 4 is 0 Å². The van der Waals surface area contributed by atoms with Crippen molar-refractivity contribution in [2.24, 2.45) is 0 Å². The standard InChI is InChI=1S/C18H20O2/c1-3-9-15(10-4-1)19-17-13-7-8-14-18(17)20-16-11-5-2-6-12-16/h1-6,9-12,17-18H,7-8,13-14H2/t17-,18+.